The van der Waals surface area contributed by atoms with Crippen LogP contribution in [0.5, 0.6) is 0 Å². The van der Waals surface area contributed by atoms with Gasteiger partial charge in [0.25, 0.3) is 0 Å². The van der Waals surface area contributed by atoms with Gasteiger partial charge in [0.15, 0.2) is 0 Å². The Hall–Kier alpha value is -0.740. The molecule has 2 heterocycles. The number of aliphatic carboxylic acids is 1. The maximum absolute atomic E-state index is 10.6. The van der Waals surface area contributed by atoms with Crippen LogP contribution in [0.1, 0.15) is 4.88 Å². The molecule has 2 rings (SSSR count). The first-order valence-electron chi connectivity index (χ1n) is 3.41. The summed E-state index contributed by atoms with van der Waals surface area (Å²) in [6.07, 6.45) is 1.76. The van der Waals surface area contributed by atoms with Crippen molar-refractivity contribution in [2.24, 2.45) is 0 Å². The molecule has 2 nitrogen and oxygen atoms in total. The van der Waals surface area contributed by atoms with Gasteiger partial charge in [0.1, 0.15) is 0 Å². The first-order valence-corrected chi connectivity index (χ1v) is 5.28. The Labute approximate surface area is 77.9 Å². The number of thioether (sulfide) groups is 1. The molecule has 0 amide bonds. The van der Waals surface area contributed by atoms with Crippen LogP contribution in [-0.4, -0.2) is 16.8 Å². The van der Waals surface area contributed by atoms with Gasteiger partial charge in [-0.15, -0.1) is 23.1 Å². The van der Waals surface area contributed by atoms with Crippen LogP contribution < -0.4 is 0 Å². The lowest BCUT2D eigenvalue weighted by atomic mass is 10.2. The smallest absolute Gasteiger partial charge is 0.332 e. The summed E-state index contributed by atoms with van der Waals surface area (Å²) in [6.45, 7) is 0. The highest BCUT2D eigenvalue weighted by atomic mass is 32.2. The summed E-state index contributed by atoms with van der Waals surface area (Å²) < 4.78 is 0. The molecular weight excluding hydrogens is 192 g/mol. The molecule has 0 saturated carbocycles. The van der Waals surface area contributed by atoms with Crippen LogP contribution in [-0.2, 0) is 4.79 Å². The van der Waals surface area contributed by atoms with Gasteiger partial charge < -0.3 is 5.11 Å². The van der Waals surface area contributed by atoms with Crippen molar-refractivity contribution in [3.63, 3.8) is 0 Å². The average Bonchev–Trinajstić information content (AvgIpc) is 2.49. The summed E-state index contributed by atoms with van der Waals surface area (Å²) in [4.78, 5) is 12.9. The summed E-state index contributed by atoms with van der Waals surface area (Å²) in [5.74, 6) is -0.222. The van der Waals surface area contributed by atoms with Crippen LogP contribution in [0, 0.1) is 0 Å². The van der Waals surface area contributed by atoms with E-state index in [1.807, 2.05) is 11.4 Å². The van der Waals surface area contributed by atoms with Crippen molar-refractivity contribution in [1.29, 1.82) is 0 Å². The first-order chi connectivity index (χ1) is 5.77. The van der Waals surface area contributed by atoms with Crippen LogP contribution in [0.2, 0.25) is 0 Å². The summed E-state index contributed by atoms with van der Waals surface area (Å²) in [5, 5.41) is 10.7. The summed E-state index contributed by atoms with van der Waals surface area (Å²) in [5.41, 5.74) is 0.495. The van der Waals surface area contributed by atoms with Crippen molar-refractivity contribution < 1.29 is 9.90 Å². The van der Waals surface area contributed by atoms with Crippen LogP contribution in [0.4, 0.5) is 0 Å². The summed E-state index contributed by atoms with van der Waals surface area (Å²) in [7, 11) is 0. The summed E-state index contributed by atoms with van der Waals surface area (Å²) >= 11 is 3.18. The van der Waals surface area contributed by atoms with E-state index in [9.17, 15) is 4.79 Å². The molecule has 0 spiro atoms. The molecule has 0 saturated heterocycles. The number of carbonyl (C=O) groups is 1. The number of hydrogen-bond donors (Lipinski definition) is 1. The SMILES string of the molecule is O=C(O)C1=Cc2sccc2SC1. The number of rotatable bonds is 1. The number of carboxylic acid groups (broad SMARTS) is 1. The molecule has 1 aliphatic rings. The van der Waals surface area contributed by atoms with Crippen LogP contribution >= 0.6 is 23.1 Å². The van der Waals surface area contributed by atoms with Gasteiger partial charge in [-0.2, -0.15) is 0 Å². The number of thiophene rings is 1. The highest BCUT2D eigenvalue weighted by Crippen LogP contribution is 2.35. The lowest BCUT2D eigenvalue weighted by Crippen LogP contribution is -2.04. The minimum atomic E-state index is -0.804. The van der Waals surface area contributed by atoms with Crippen LogP contribution in [0.15, 0.2) is 21.9 Å². The van der Waals surface area contributed by atoms with Crippen molar-refractivity contribution in [1.82, 2.24) is 0 Å². The van der Waals surface area contributed by atoms with E-state index in [0.29, 0.717) is 11.3 Å². The average molecular weight is 198 g/mol. The molecule has 4 heteroatoms. The molecule has 0 fully saturated rings. The number of hydrogen-bond acceptors (Lipinski definition) is 3. The molecular formula is C8H6O2S2. The predicted octanol–water partition coefficient (Wildman–Crippen LogP) is 2.32. The fraction of sp³-hybridized carbons (Fsp3) is 0.125. The number of fused-ring (bicyclic) bond motifs is 1. The van der Waals surface area contributed by atoms with Gasteiger partial charge in [0.05, 0.1) is 0 Å². The third-order valence-electron chi connectivity index (χ3n) is 1.62. The Morgan fingerprint density at radius 2 is 2.42 bits per heavy atom. The lowest BCUT2D eigenvalue weighted by molar-refractivity contribution is -0.132. The zero-order valence-corrected chi connectivity index (χ0v) is 7.74. The molecule has 0 radical (unpaired) electrons. The zero-order chi connectivity index (χ0) is 8.55. The molecule has 1 aromatic rings. The van der Waals surface area contributed by atoms with Gasteiger partial charge >= 0.3 is 5.97 Å². The zero-order valence-electron chi connectivity index (χ0n) is 6.11. The minimum Gasteiger partial charge on any atom is -0.478 e. The maximum Gasteiger partial charge on any atom is 0.332 e. The third-order valence-corrected chi connectivity index (χ3v) is 3.74. The van der Waals surface area contributed by atoms with Crippen molar-refractivity contribution in [2.45, 2.75) is 4.90 Å². The van der Waals surface area contributed by atoms with Gasteiger partial charge in [-0.1, -0.05) is 0 Å². The maximum atomic E-state index is 10.6. The summed E-state index contributed by atoms with van der Waals surface area (Å²) in [6, 6.07) is 2.03. The molecule has 0 aromatic carbocycles. The molecule has 1 aliphatic heterocycles. The normalized spacial score (nSPS) is 15.2. The van der Waals surface area contributed by atoms with Crippen molar-refractivity contribution in [2.75, 3.05) is 5.75 Å². The molecule has 0 atom stereocenters. The molecule has 0 aliphatic carbocycles. The third kappa shape index (κ3) is 1.28. The molecule has 12 heavy (non-hydrogen) atoms. The van der Waals surface area contributed by atoms with Crippen molar-refractivity contribution >= 4 is 35.1 Å². The molecule has 0 unspecified atom stereocenters. The van der Waals surface area contributed by atoms with Gasteiger partial charge in [0.2, 0.25) is 0 Å². The Balaban J connectivity index is 2.41. The van der Waals surface area contributed by atoms with Crippen LogP contribution in [0.3, 0.4) is 0 Å². The quantitative estimate of drug-likeness (QED) is 0.752. The van der Waals surface area contributed by atoms with Crippen LogP contribution in [0.25, 0.3) is 6.08 Å². The van der Waals surface area contributed by atoms with Gasteiger partial charge in [-0.25, -0.2) is 4.79 Å². The topological polar surface area (TPSA) is 37.3 Å². The Morgan fingerprint density at radius 3 is 3.17 bits per heavy atom. The Morgan fingerprint density at radius 1 is 1.58 bits per heavy atom. The highest BCUT2D eigenvalue weighted by Gasteiger charge is 2.15. The van der Waals surface area contributed by atoms with E-state index in [1.54, 1.807) is 29.2 Å². The molecule has 1 aromatic heterocycles. The van der Waals surface area contributed by atoms with E-state index in [0.717, 1.165) is 4.88 Å². The predicted molar refractivity (Wildman–Crippen MR) is 50.7 cm³/mol. The van der Waals surface area contributed by atoms with Crippen molar-refractivity contribution in [3.05, 3.63) is 21.9 Å². The standard InChI is InChI=1S/C8H6O2S2/c9-8(10)5-3-7-6(12-4-5)1-2-11-7/h1-3H,4H2,(H,9,10). The van der Waals surface area contributed by atoms with E-state index >= 15 is 0 Å². The first kappa shape index (κ1) is 7.89. The van der Waals surface area contributed by atoms with Gasteiger partial charge in [0, 0.05) is 21.1 Å². The number of carboxylic acids is 1. The fourth-order valence-electron chi connectivity index (χ4n) is 1.01. The minimum absolute atomic E-state index is 0.495. The second-order valence-corrected chi connectivity index (χ2v) is 4.38. The largest absolute Gasteiger partial charge is 0.478 e. The molecule has 62 valence electrons. The highest BCUT2D eigenvalue weighted by molar-refractivity contribution is 7.99. The fourth-order valence-corrected chi connectivity index (χ4v) is 3.05. The van der Waals surface area contributed by atoms with Gasteiger partial charge in [-0.3, -0.25) is 0 Å². The monoisotopic (exact) mass is 198 g/mol. The Bertz CT molecular complexity index is 352. The van der Waals surface area contributed by atoms with E-state index < -0.39 is 5.97 Å². The van der Waals surface area contributed by atoms with E-state index in [4.69, 9.17) is 5.11 Å². The van der Waals surface area contributed by atoms with E-state index in [-0.39, 0.29) is 0 Å². The second-order valence-electron chi connectivity index (χ2n) is 2.41. The van der Waals surface area contributed by atoms with E-state index in [1.165, 1.54) is 4.90 Å². The Kier molecular flexibility index (Phi) is 1.94. The van der Waals surface area contributed by atoms with Gasteiger partial charge in [-0.05, 0) is 17.5 Å². The second kappa shape index (κ2) is 2.95. The lowest BCUT2D eigenvalue weighted by Gasteiger charge is -2.08. The van der Waals surface area contributed by atoms with E-state index in [2.05, 4.69) is 0 Å². The van der Waals surface area contributed by atoms with Crippen molar-refractivity contribution in [3.8, 4) is 0 Å². The molecule has 1 N–H and O–H groups in total. The molecule has 0 bridgehead atoms.